The molecule has 1 saturated heterocycles. The number of hydrogen-bond donors (Lipinski definition) is 1. The van der Waals surface area contributed by atoms with Crippen molar-refractivity contribution in [3.63, 3.8) is 0 Å². The van der Waals surface area contributed by atoms with Gasteiger partial charge in [-0.05, 0) is 32.3 Å². The fourth-order valence-corrected chi connectivity index (χ4v) is 3.08. The van der Waals surface area contributed by atoms with Gasteiger partial charge in [-0.25, -0.2) is 0 Å². The largest absolute Gasteiger partial charge is 0.334 e. The Kier molecular flexibility index (Phi) is 6.45. The maximum Gasteiger partial charge on any atom is 0.237 e. The number of aryl methyl sites for hydroxylation is 1. The molecule has 128 valence electrons. The molecule has 1 heterocycles. The van der Waals surface area contributed by atoms with Crippen LogP contribution in [0.1, 0.15) is 30.9 Å². The van der Waals surface area contributed by atoms with E-state index in [9.17, 15) is 4.79 Å². The molecule has 0 radical (unpaired) electrons. The van der Waals surface area contributed by atoms with Gasteiger partial charge in [0.05, 0.1) is 6.54 Å². The van der Waals surface area contributed by atoms with Gasteiger partial charge in [-0.1, -0.05) is 29.8 Å². The van der Waals surface area contributed by atoms with E-state index in [1.54, 1.807) is 0 Å². The van der Waals surface area contributed by atoms with E-state index in [1.807, 2.05) is 0 Å². The number of piperazine rings is 1. The Balaban J connectivity index is 0.00000192. The molecule has 1 aliphatic heterocycles. The average Bonchev–Trinajstić information content (AvgIpc) is 3.33. The third-order valence-electron chi connectivity index (χ3n) is 4.76. The summed E-state index contributed by atoms with van der Waals surface area (Å²) >= 11 is 0. The topological polar surface area (TPSA) is 35.6 Å². The first-order chi connectivity index (χ1) is 10.6. The summed E-state index contributed by atoms with van der Waals surface area (Å²) in [6.07, 6.45) is 2.32. The van der Waals surface area contributed by atoms with Gasteiger partial charge in [0, 0.05) is 38.3 Å². The average molecular weight is 338 g/mol. The second-order valence-electron chi connectivity index (χ2n) is 6.76. The number of rotatable bonds is 5. The number of carbonyl (C=O) groups is 1. The van der Waals surface area contributed by atoms with Crippen LogP contribution in [0.4, 0.5) is 0 Å². The minimum absolute atomic E-state index is 0. The standard InChI is InChI=1S/C18H27N3O.ClH/c1-14-3-5-16(6-4-14)12-21(17-7-8-17)18(22)13-20-10-9-19-11-15(20)2;/h3-6,15,17,19H,7-13H2,1-2H3;1H/t15-;/m0./s1. The monoisotopic (exact) mass is 337 g/mol. The molecule has 2 aliphatic rings. The fraction of sp³-hybridized carbons (Fsp3) is 0.611. The first-order valence-corrected chi connectivity index (χ1v) is 8.43. The van der Waals surface area contributed by atoms with E-state index in [0.717, 1.165) is 39.0 Å². The van der Waals surface area contributed by atoms with E-state index in [2.05, 4.69) is 53.2 Å². The van der Waals surface area contributed by atoms with Gasteiger partial charge in [-0.15, -0.1) is 12.4 Å². The summed E-state index contributed by atoms with van der Waals surface area (Å²) in [5.41, 5.74) is 2.50. The highest BCUT2D eigenvalue weighted by Gasteiger charge is 2.33. The van der Waals surface area contributed by atoms with Crippen molar-refractivity contribution in [1.29, 1.82) is 0 Å². The van der Waals surface area contributed by atoms with Gasteiger partial charge in [-0.3, -0.25) is 9.69 Å². The lowest BCUT2D eigenvalue weighted by molar-refractivity contribution is -0.134. The molecule has 1 atom stereocenters. The molecule has 0 unspecified atom stereocenters. The molecule has 1 aromatic carbocycles. The van der Waals surface area contributed by atoms with Gasteiger partial charge >= 0.3 is 0 Å². The highest BCUT2D eigenvalue weighted by atomic mass is 35.5. The Bertz CT molecular complexity index is 516. The molecule has 1 saturated carbocycles. The van der Waals surface area contributed by atoms with Crippen molar-refractivity contribution in [2.75, 3.05) is 26.2 Å². The summed E-state index contributed by atoms with van der Waals surface area (Å²) in [4.78, 5) is 17.2. The molecule has 0 aromatic heterocycles. The lowest BCUT2D eigenvalue weighted by Crippen LogP contribution is -2.53. The number of benzene rings is 1. The minimum Gasteiger partial charge on any atom is -0.334 e. The Morgan fingerprint density at radius 1 is 1.30 bits per heavy atom. The quantitative estimate of drug-likeness (QED) is 0.894. The smallest absolute Gasteiger partial charge is 0.237 e. The van der Waals surface area contributed by atoms with Gasteiger partial charge in [0.15, 0.2) is 0 Å². The van der Waals surface area contributed by atoms with Crippen LogP contribution in [0.15, 0.2) is 24.3 Å². The molecule has 4 nitrogen and oxygen atoms in total. The van der Waals surface area contributed by atoms with Crippen molar-refractivity contribution < 1.29 is 4.79 Å². The third kappa shape index (κ3) is 4.93. The van der Waals surface area contributed by atoms with Crippen LogP contribution in [0.25, 0.3) is 0 Å². The molecule has 1 aromatic rings. The Hall–Kier alpha value is -1.10. The molecule has 5 heteroatoms. The summed E-state index contributed by atoms with van der Waals surface area (Å²) < 4.78 is 0. The number of nitrogens with zero attached hydrogens (tertiary/aromatic N) is 2. The first-order valence-electron chi connectivity index (χ1n) is 8.43. The third-order valence-corrected chi connectivity index (χ3v) is 4.76. The SMILES string of the molecule is Cc1ccc(CN(C(=O)CN2CCNC[C@@H]2C)C2CC2)cc1.Cl. The zero-order valence-electron chi connectivity index (χ0n) is 14.1. The lowest BCUT2D eigenvalue weighted by atomic mass is 10.1. The second kappa shape index (κ2) is 8.13. The molecule has 0 spiro atoms. The maximum atomic E-state index is 12.8. The van der Waals surface area contributed by atoms with Crippen molar-refractivity contribution in [1.82, 2.24) is 15.1 Å². The van der Waals surface area contributed by atoms with Gasteiger partial charge in [0.25, 0.3) is 0 Å². The van der Waals surface area contributed by atoms with Crippen molar-refractivity contribution in [2.24, 2.45) is 0 Å². The normalized spacial score (nSPS) is 21.6. The molecule has 0 bridgehead atoms. The van der Waals surface area contributed by atoms with Crippen molar-refractivity contribution in [3.8, 4) is 0 Å². The number of halogens is 1. The maximum absolute atomic E-state index is 12.8. The van der Waals surface area contributed by atoms with Gasteiger partial charge in [0.2, 0.25) is 5.91 Å². The second-order valence-corrected chi connectivity index (χ2v) is 6.76. The van der Waals surface area contributed by atoms with Crippen molar-refractivity contribution in [2.45, 2.75) is 45.3 Å². The number of hydrogen-bond acceptors (Lipinski definition) is 3. The van der Waals surface area contributed by atoms with Crippen molar-refractivity contribution >= 4 is 18.3 Å². The summed E-state index contributed by atoms with van der Waals surface area (Å²) in [5, 5.41) is 3.38. The van der Waals surface area contributed by atoms with E-state index in [0.29, 0.717) is 18.6 Å². The Labute approximate surface area is 145 Å². The Morgan fingerprint density at radius 3 is 2.61 bits per heavy atom. The van der Waals surface area contributed by atoms with Crippen LogP contribution >= 0.6 is 12.4 Å². The molecule has 1 N–H and O–H groups in total. The highest BCUT2D eigenvalue weighted by Crippen LogP contribution is 2.28. The molecular weight excluding hydrogens is 310 g/mol. The molecule has 2 fully saturated rings. The summed E-state index contributed by atoms with van der Waals surface area (Å²) in [7, 11) is 0. The Morgan fingerprint density at radius 2 is 2.00 bits per heavy atom. The molecule has 1 amide bonds. The van der Waals surface area contributed by atoms with E-state index >= 15 is 0 Å². The lowest BCUT2D eigenvalue weighted by Gasteiger charge is -2.35. The zero-order chi connectivity index (χ0) is 15.5. The summed E-state index contributed by atoms with van der Waals surface area (Å²) in [6.45, 7) is 8.54. The number of amides is 1. The predicted molar refractivity (Wildman–Crippen MR) is 95.9 cm³/mol. The number of carbonyl (C=O) groups excluding carboxylic acids is 1. The molecule has 23 heavy (non-hydrogen) atoms. The van der Waals surface area contributed by atoms with Gasteiger partial charge in [0.1, 0.15) is 0 Å². The van der Waals surface area contributed by atoms with Crippen LogP contribution in [0.2, 0.25) is 0 Å². The summed E-state index contributed by atoms with van der Waals surface area (Å²) in [6, 6.07) is 9.45. The fourth-order valence-electron chi connectivity index (χ4n) is 3.08. The van der Waals surface area contributed by atoms with E-state index in [1.165, 1.54) is 11.1 Å². The van der Waals surface area contributed by atoms with E-state index < -0.39 is 0 Å². The van der Waals surface area contributed by atoms with Gasteiger partial charge < -0.3 is 10.2 Å². The van der Waals surface area contributed by atoms with Crippen LogP contribution < -0.4 is 5.32 Å². The van der Waals surface area contributed by atoms with Crippen LogP contribution in [-0.4, -0.2) is 54.0 Å². The predicted octanol–water partition coefficient (Wildman–Crippen LogP) is 2.20. The van der Waals surface area contributed by atoms with Gasteiger partial charge in [-0.2, -0.15) is 0 Å². The number of nitrogens with one attached hydrogen (secondary N) is 1. The molecule has 1 aliphatic carbocycles. The van der Waals surface area contributed by atoms with Crippen LogP contribution in [0.5, 0.6) is 0 Å². The van der Waals surface area contributed by atoms with E-state index in [-0.39, 0.29) is 18.3 Å². The summed E-state index contributed by atoms with van der Waals surface area (Å²) in [5.74, 6) is 0.289. The van der Waals surface area contributed by atoms with Crippen LogP contribution in [-0.2, 0) is 11.3 Å². The highest BCUT2D eigenvalue weighted by molar-refractivity contribution is 5.85. The minimum atomic E-state index is 0. The zero-order valence-corrected chi connectivity index (χ0v) is 14.9. The molecular formula is C18H28ClN3O. The van der Waals surface area contributed by atoms with Crippen LogP contribution in [0.3, 0.4) is 0 Å². The van der Waals surface area contributed by atoms with Crippen LogP contribution in [0, 0.1) is 6.92 Å². The van der Waals surface area contributed by atoms with Crippen molar-refractivity contribution in [3.05, 3.63) is 35.4 Å². The van der Waals surface area contributed by atoms with E-state index in [4.69, 9.17) is 0 Å². The first kappa shape index (κ1) is 18.2. The molecule has 3 rings (SSSR count).